The van der Waals surface area contributed by atoms with Crippen molar-refractivity contribution in [2.45, 2.75) is 20.3 Å². The molecule has 94 valence electrons. The average molecular weight is 243 g/mol. The number of benzene rings is 1. The molecule has 0 spiro atoms. The van der Waals surface area contributed by atoms with Gasteiger partial charge in [0.2, 0.25) is 5.88 Å². The van der Waals surface area contributed by atoms with Crippen molar-refractivity contribution in [2.75, 3.05) is 11.9 Å². The largest absolute Gasteiger partial charge is 0.437 e. The summed E-state index contributed by atoms with van der Waals surface area (Å²) in [4.78, 5) is 8.39. The van der Waals surface area contributed by atoms with Crippen molar-refractivity contribution in [3.8, 4) is 11.6 Å². The molecule has 0 aliphatic rings. The molecule has 2 rings (SSSR count). The predicted octanol–water partition coefficient (Wildman–Crippen LogP) is 3.26. The van der Waals surface area contributed by atoms with Crippen LogP contribution in [0.4, 0.5) is 5.82 Å². The van der Waals surface area contributed by atoms with E-state index in [-0.39, 0.29) is 0 Å². The Morgan fingerprint density at radius 3 is 2.56 bits per heavy atom. The molecule has 1 aromatic carbocycles. The second kappa shape index (κ2) is 6.00. The highest BCUT2D eigenvalue weighted by atomic mass is 16.5. The highest BCUT2D eigenvalue weighted by Gasteiger charge is 2.01. The van der Waals surface area contributed by atoms with Gasteiger partial charge in [0, 0.05) is 6.54 Å². The summed E-state index contributed by atoms with van der Waals surface area (Å²) >= 11 is 0. The lowest BCUT2D eigenvalue weighted by molar-refractivity contribution is 0.460. The monoisotopic (exact) mass is 243 g/mol. The molecule has 1 N–H and O–H groups in total. The van der Waals surface area contributed by atoms with Gasteiger partial charge in [-0.15, -0.1) is 0 Å². The number of ether oxygens (including phenoxy) is 1. The average Bonchev–Trinajstić information content (AvgIpc) is 2.40. The Morgan fingerprint density at radius 1 is 1.11 bits per heavy atom. The summed E-state index contributed by atoms with van der Waals surface area (Å²) in [6.07, 6.45) is 4.31. The summed E-state index contributed by atoms with van der Waals surface area (Å²) in [5, 5.41) is 3.10. The van der Waals surface area contributed by atoms with E-state index < -0.39 is 0 Å². The van der Waals surface area contributed by atoms with Gasteiger partial charge in [0.05, 0.1) is 12.4 Å². The highest BCUT2D eigenvalue weighted by Crippen LogP contribution is 2.20. The molecule has 0 radical (unpaired) electrons. The molecule has 0 fully saturated rings. The molecule has 1 heterocycles. The first-order valence-corrected chi connectivity index (χ1v) is 6.14. The maximum absolute atomic E-state index is 5.65. The Morgan fingerprint density at radius 2 is 1.89 bits per heavy atom. The Balaban J connectivity index is 2.09. The van der Waals surface area contributed by atoms with E-state index in [2.05, 4.69) is 34.3 Å². The van der Waals surface area contributed by atoms with Crippen LogP contribution in [0.15, 0.2) is 36.7 Å². The molecule has 0 aliphatic heterocycles. The van der Waals surface area contributed by atoms with Crippen molar-refractivity contribution in [3.05, 3.63) is 42.2 Å². The minimum absolute atomic E-state index is 0.498. The lowest BCUT2D eigenvalue weighted by atomic mass is 10.2. The molecule has 4 heteroatoms. The second-order valence-electron chi connectivity index (χ2n) is 3.87. The SMILES string of the molecule is CCNc1cncc(Oc2ccc(CC)cc2)n1. The minimum Gasteiger partial charge on any atom is -0.437 e. The number of rotatable bonds is 5. The molecule has 0 bridgehead atoms. The maximum Gasteiger partial charge on any atom is 0.239 e. The standard InChI is InChI=1S/C14H17N3O/c1-3-11-5-7-12(8-6-11)18-14-10-15-9-13(17-14)16-4-2/h5-10H,3-4H2,1-2H3,(H,16,17). The molecule has 0 aliphatic carbocycles. The van der Waals surface area contributed by atoms with E-state index in [1.54, 1.807) is 12.4 Å². The Hall–Kier alpha value is -2.10. The van der Waals surface area contributed by atoms with E-state index in [4.69, 9.17) is 4.74 Å². The van der Waals surface area contributed by atoms with Crippen molar-refractivity contribution in [1.29, 1.82) is 0 Å². The van der Waals surface area contributed by atoms with Crippen molar-refractivity contribution < 1.29 is 4.74 Å². The first kappa shape index (κ1) is 12.4. The minimum atomic E-state index is 0.498. The summed E-state index contributed by atoms with van der Waals surface area (Å²) in [7, 11) is 0. The van der Waals surface area contributed by atoms with E-state index >= 15 is 0 Å². The first-order valence-electron chi connectivity index (χ1n) is 6.14. The van der Waals surface area contributed by atoms with Crippen molar-refractivity contribution in [3.63, 3.8) is 0 Å². The van der Waals surface area contributed by atoms with Crippen LogP contribution in [0, 0.1) is 0 Å². The third-order valence-corrected chi connectivity index (χ3v) is 2.52. The van der Waals surface area contributed by atoms with Crippen LogP contribution in [0.25, 0.3) is 0 Å². The zero-order valence-electron chi connectivity index (χ0n) is 10.7. The lowest BCUT2D eigenvalue weighted by Gasteiger charge is -2.07. The zero-order chi connectivity index (χ0) is 12.8. The third-order valence-electron chi connectivity index (χ3n) is 2.52. The van der Waals surface area contributed by atoms with Gasteiger partial charge in [0.15, 0.2) is 0 Å². The normalized spacial score (nSPS) is 10.1. The molecule has 18 heavy (non-hydrogen) atoms. The number of hydrogen-bond acceptors (Lipinski definition) is 4. The summed E-state index contributed by atoms with van der Waals surface area (Å²) in [6, 6.07) is 7.99. The number of aromatic nitrogens is 2. The molecule has 4 nitrogen and oxygen atoms in total. The van der Waals surface area contributed by atoms with Gasteiger partial charge in [-0.25, -0.2) is 0 Å². The van der Waals surface area contributed by atoms with Crippen LogP contribution in [0.2, 0.25) is 0 Å². The van der Waals surface area contributed by atoms with Crippen molar-refractivity contribution >= 4 is 5.82 Å². The topological polar surface area (TPSA) is 47.0 Å². The number of anilines is 1. The van der Waals surface area contributed by atoms with Crippen LogP contribution >= 0.6 is 0 Å². The van der Waals surface area contributed by atoms with Crippen LogP contribution in [0.3, 0.4) is 0 Å². The fourth-order valence-electron chi connectivity index (χ4n) is 1.58. The Kier molecular flexibility index (Phi) is 4.12. The molecule has 0 saturated heterocycles. The molecular formula is C14H17N3O. The van der Waals surface area contributed by atoms with Gasteiger partial charge in [-0.05, 0) is 31.0 Å². The van der Waals surface area contributed by atoms with Gasteiger partial charge >= 0.3 is 0 Å². The first-order chi connectivity index (χ1) is 8.81. The number of aryl methyl sites for hydroxylation is 1. The quantitative estimate of drug-likeness (QED) is 0.875. The Bertz CT molecular complexity index is 497. The van der Waals surface area contributed by atoms with E-state index in [1.807, 2.05) is 19.1 Å². The van der Waals surface area contributed by atoms with Gasteiger partial charge in [-0.1, -0.05) is 19.1 Å². The maximum atomic E-state index is 5.65. The van der Waals surface area contributed by atoms with Gasteiger partial charge in [0.25, 0.3) is 0 Å². The van der Waals surface area contributed by atoms with Gasteiger partial charge in [0.1, 0.15) is 11.6 Å². The fourth-order valence-corrected chi connectivity index (χ4v) is 1.58. The second-order valence-corrected chi connectivity index (χ2v) is 3.87. The summed E-state index contributed by atoms with van der Waals surface area (Å²) in [6.45, 7) is 4.95. The number of hydrogen-bond donors (Lipinski definition) is 1. The van der Waals surface area contributed by atoms with Gasteiger partial charge in [-0.3, -0.25) is 4.98 Å². The van der Waals surface area contributed by atoms with E-state index in [0.717, 1.165) is 24.5 Å². The zero-order valence-corrected chi connectivity index (χ0v) is 10.7. The van der Waals surface area contributed by atoms with E-state index in [1.165, 1.54) is 5.56 Å². The lowest BCUT2D eigenvalue weighted by Crippen LogP contribution is -2.00. The summed E-state index contributed by atoms with van der Waals surface area (Å²) in [5.41, 5.74) is 1.29. The fraction of sp³-hybridized carbons (Fsp3) is 0.286. The summed E-state index contributed by atoms with van der Waals surface area (Å²) in [5.74, 6) is 1.99. The smallest absolute Gasteiger partial charge is 0.239 e. The van der Waals surface area contributed by atoms with Crippen LogP contribution < -0.4 is 10.1 Å². The van der Waals surface area contributed by atoms with E-state index in [9.17, 15) is 0 Å². The molecule has 0 unspecified atom stereocenters. The number of nitrogens with one attached hydrogen (secondary N) is 1. The predicted molar refractivity (Wildman–Crippen MR) is 72.1 cm³/mol. The third kappa shape index (κ3) is 3.20. The van der Waals surface area contributed by atoms with Crippen molar-refractivity contribution in [1.82, 2.24) is 9.97 Å². The summed E-state index contributed by atoms with van der Waals surface area (Å²) < 4.78 is 5.65. The molecule has 0 saturated carbocycles. The van der Waals surface area contributed by atoms with Crippen LogP contribution in [-0.2, 0) is 6.42 Å². The molecule has 0 atom stereocenters. The van der Waals surface area contributed by atoms with Gasteiger partial charge in [-0.2, -0.15) is 4.98 Å². The van der Waals surface area contributed by atoms with Gasteiger partial charge < -0.3 is 10.1 Å². The molecular weight excluding hydrogens is 226 g/mol. The van der Waals surface area contributed by atoms with Crippen molar-refractivity contribution in [2.24, 2.45) is 0 Å². The molecule has 2 aromatic rings. The Labute approximate surface area is 107 Å². The van der Waals surface area contributed by atoms with Crippen LogP contribution in [0.1, 0.15) is 19.4 Å². The van der Waals surface area contributed by atoms with Crippen LogP contribution in [0.5, 0.6) is 11.6 Å². The molecule has 1 aromatic heterocycles. The highest BCUT2D eigenvalue weighted by molar-refractivity contribution is 5.35. The molecule has 0 amide bonds. The number of nitrogens with zero attached hydrogens (tertiary/aromatic N) is 2. The van der Waals surface area contributed by atoms with E-state index in [0.29, 0.717) is 5.88 Å². The van der Waals surface area contributed by atoms with Crippen LogP contribution in [-0.4, -0.2) is 16.5 Å².